The standard InChI is InChI=1S/C24H25N5O.C2H4O2/c1-15-10-19-20(11-16(15)2)29-24(28-19)22-14-25-21(13-26-22)17-8-9-23(27-12-17)30-18-6-4-3-5-7-18;1-2(3)4/h8-14,18H,3-7H2,1-2H3,(H,28,29);1H3,(H,3,4). The maximum Gasteiger partial charge on any atom is 0.300 e. The molecule has 4 aromatic rings. The number of pyridine rings is 1. The quantitative estimate of drug-likeness (QED) is 0.414. The number of hydrogen-bond donors (Lipinski definition) is 2. The van der Waals surface area contributed by atoms with Gasteiger partial charge in [-0.05, 0) is 68.9 Å². The second-order valence-electron chi connectivity index (χ2n) is 8.61. The van der Waals surface area contributed by atoms with Gasteiger partial charge in [0.05, 0.1) is 29.1 Å². The van der Waals surface area contributed by atoms with Crippen LogP contribution in [-0.4, -0.2) is 42.1 Å². The Morgan fingerprint density at radius 1 is 0.971 bits per heavy atom. The summed E-state index contributed by atoms with van der Waals surface area (Å²) in [6.07, 6.45) is 11.7. The number of fused-ring (bicyclic) bond motifs is 1. The van der Waals surface area contributed by atoms with E-state index in [1.807, 2.05) is 12.1 Å². The monoisotopic (exact) mass is 459 g/mol. The molecule has 1 aromatic carbocycles. The molecular weight excluding hydrogens is 430 g/mol. The summed E-state index contributed by atoms with van der Waals surface area (Å²) in [5.74, 6) is 0.575. The highest BCUT2D eigenvalue weighted by molar-refractivity contribution is 5.80. The molecule has 0 radical (unpaired) electrons. The van der Waals surface area contributed by atoms with Crippen LogP contribution in [-0.2, 0) is 4.79 Å². The van der Waals surface area contributed by atoms with Crippen molar-refractivity contribution in [1.82, 2.24) is 24.9 Å². The van der Waals surface area contributed by atoms with Gasteiger partial charge >= 0.3 is 0 Å². The van der Waals surface area contributed by atoms with Crippen molar-refractivity contribution in [3.8, 4) is 28.7 Å². The van der Waals surface area contributed by atoms with Crippen LogP contribution in [0.3, 0.4) is 0 Å². The molecule has 3 heterocycles. The number of ether oxygens (including phenoxy) is 1. The van der Waals surface area contributed by atoms with Crippen molar-refractivity contribution in [1.29, 1.82) is 0 Å². The van der Waals surface area contributed by atoms with Gasteiger partial charge in [-0.2, -0.15) is 0 Å². The minimum absolute atomic E-state index is 0.299. The number of aromatic nitrogens is 5. The Morgan fingerprint density at radius 3 is 2.29 bits per heavy atom. The number of imidazole rings is 1. The molecule has 0 amide bonds. The molecule has 5 rings (SSSR count). The van der Waals surface area contributed by atoms with Crippen LogP contribution in [0, 0.1) is 13.8 Å². The number of aliphatic carboxylic acids is 1. The molecule has 176 valence electrons. The SMILES string of the molecule is CC(=O)O.Cc1cc2nc(-c3cnc(-c4ccc(OC5CCCCC5)nc4)cn3)[nH]c2cc1C. The molecule has 8 heteroatoms. The Labute approximate surface area is 198 Å². The molecule has 0 atom stereocenters. The number of carboxylic acids is 1. The second kappa shape index (κ2) is 10.4. The molecule has 3 aromatic heterocycles. The summed E-state index contributed by atoms with van der Waals surface area (Å²) in [4.78, 5) is 30.6. The number of nitrogens with zero attached hydrogens (tertiary/aromatic N) is 4. The fraction of sp³-hybridized carbons (Fsp3) is 0.346. The minimum atomic E-state index is -0.833. The largest absolute Gasteiger partial charge is 0.481 e. The maximum absolute atomic E-state index is 9.00. The van der Waals surface area contributed by atoms with Crippen molar-refractivity contribution in [3.05, 3.63) is 54.0 Å². The van der Waals surface area contributed by atoms with Crippen molar-refractivity contribution in [2.24, 2.45) is 0 Å². The molecule has 0 aliphatic heterocycles. The predicted octanol–water partition coefficient (Wildman–Crippen LogP) is 5.50. The molecule has 0 spiro atoms. The average Bonchev–Trinajstić information content (AvgIpc) is 3.23. The number of carbonyl (C=O) groups is 1. The number of nitrogens with one attached hydrogen (secondary N) is 1. The van der Waals surface area contributed by atoms with Crippen molar-refractivity contribution >= 4 is 17.0 Å². The highest BCUT2D eigenvalue weighted by atomic mass is 16.5. The van der Waals surface area contributed by atoms with Crippen LogP contribution in [0.15, 0.2) is 42.9 Å². The van der Waals surface area contributed by atoms with Crippen molar-refractivity contribution in [2.75, 3.05) is 0 Å². The zero-order valence-corrected chi connectivity index (χ0v) is 19.7. The van der Waals surface area contributed by atoms with E-state index in [1.54, 1.807) is 18.6 Å². The summed E-state index contributed by atoms with van der Waals surface area (Å²) in [7, 11) is 0. The predicted molar refractivity (Wildman–Crippen MR) is 131 cm³/mol. The van der Waals surface area contributed by atoms with E-state index in [4.69, 9.17) is 14.6 Å². The Morgan fingerprint density at radius 2 is 1.65 bits per heavy atom. The molecule has 1 fully saturated rings. The van der Waals surface area contributed by atoms with E-state index >= 15 is 0 Å². The van der Waals surface area contributed by atoms with Gasteiger partial charge in [-0.3, -0.25) is 9.78 Å². The van der Waals surface area contributed by atoms with Crippen molar-refractivity contribution in [3.63, 3.8) is 0 Å². The number of benzene rings is 1. The van der Waals surface area contributed by atoms with Crippen LogP contribution >= 0.6 is 0 Å². The smallest absolute Gasteiger partial charge is 0.300 e. The first kappa shape index (κ1) is 23.4. The summed E-state index contributed by atoms with van der Waals surface area (Å²) in [6.45, 7) is 5.28. The molecule has 0 unspecified atom stereocenters. The van der Waals surface area contributed by atoms with Crippen molar-refractivity contribution < 1.29 is 14.6 Å². The molecule has 0 bridgehead atoms. The van der Waals surface area contributed by atoms with Gasteiger partial charge in [-0.1, -0.05) is 6.42 Å². The van der Waals surface area contributed by atoms with Gasteiger partial charge in [-0.25, -0.2) is 15.0 Å². The molecule has 1 aliphatic carbocycles. The van der Waals surface area contributed by atoms with Gasteiger partial charge in [-0.15, -0.1) is 0 Å². The summed E-state index contributed by atoms with van der Waals surface area (Å²) < 4.78 is 6.01. The summed E-state index contributed by atoms with van der Waals surface area (Å²) >= 11 is 0. The number of aromatic amines is 1. The lowest BCUT2D eigenvalue weighted by atomic mass is 9.98. The third kappa shape index (κ3) is 5.75. The Bertz CT molecular complexity index is 1220. The molecule has 1 aliphatic rings. The van der Waals surface area contributed by atoms with Crippen molar-refractivity contribution in [2.45, 2.75) is 59.0 Å². The van der Waals surface area contributed by atoms with E-state index < -0.39 is 5.97 Å². The second-order valence-corrected chi connectivity index (χ2v) is 8.61. The highest BCUT2D eigenvalue weighted by Gasteiger charge is 2.15. The summed E-state index contributed by atoms with van der Waals surface area (Å²) in [6, 6.07) is 8.12. The zero-order chi connectivity index (χ0) is 24.1. The first-order valence-electron chi connectivity index (χ1n) is 11.5. The normalized spacial score (nSPS) is 13.9. The third-order valence-electron chi connectivity index (χ3n) is 5.86. The van der Waals surface area contributed by atoms with Gasteiger partial charge in [0.15, 0.2) is 5.82 Å². The molecular formula is C26H29N5O3. The number of rotatable bonds is 4. The van der Waals surface area contributed by atoms with E-state index in [-0.39, 0.29) is 0 Å². The molecule has 1 saturated carbocycles. The van der Waals surface area contributed by atoms with E-state index in [0.717, 1.165) is 53.6 Å². The number of hydrogen-bond acceptors (Lipinski definition) is 6. The Kier molecular flexibility index (Phi) is 7.15. The van der Waals surface area contributed by atoms with Gasteiger partial charge < -0.3 is 14.8 Å². The topological polar surface area (TPSA) is 114 Å². The minimum Gasteiger partial charge on any atom is -0.481 e. The van der Waals surface area contributed by atoms with E-state index in [9.17, 15) is 0 Å². The van der Waals surface area contributed by atoms with E-state index in [0.29, 0.717) is 12.0 Å². The van der Waals surface area contributed by atoms with Crippen LogP contribution in [0.5, 0.6) is 5.88 Å². The van der Waals surface area contributed by atoms with Gasteiger partial charge in [0.25, 0.3) is 5.97 Å². The van der Waals surface area contributed by atoms with Crippen LogP contribution in [0.4, 0.5) is 0 Å². The van der Waals surface area contributed by atoms with Gasteiger partial charge in [0.2, 0.25) is 5.88 Å². The number of aryl methyl sites for hydroxylation is 2. The lowest BCUT2D eigenvalue weighted by Gasteiger charge is -2.22. The number of carboxylic acid groups (broad SMARTS) is 1. The zero-order valence-electron chi connectivity index (χ0n) is 19.7. The first-order chi connectivity index (χ1) is 16.4. The summed E-state index contributed by atoms with van der Waals surface area (Å²) in [5.41, 5.74) is 6.83. The molecule has 2 N–H and O–H groups in total. The fourth-order valence-corrected chi connectivity index (χ4v) is 3.95. The molecule has 8 nitrogen and oxygen atoms in total. The lowest BCUT2D eigenvalue weighted by Crippen LogP contribution is -2.20. The Balaban J connectivity index is 0.000000636. The fourth-order valence-electron chi connectivity index (χ4n) is 3.95. The van der Waals surface area contributed by atoms with E-state index in [2.05, 4.69) is 50.9 Å². The number of H-pyrrole nitrogens is 1. The summed E-state index contributed by atoms with van der Waals surface area (Å²) in [5, 5.41) is 7.42. The first-order valence-corrected chi connectivity index (χ1v) is 11.5. The molecule has 0 saturated heterocycles. The average molecular weight is 460 g/mol. The van der Waals surface area contributed by atoms with Crippen LogP contribution < -0.4 is 4.74 Å². The van der Waals surface area contributed by atoms with E-state index in [1.165, 1.54) is 30.4 Å². The van der Waals surface area contributed by atoms with Gasteiger partial charge in [0.1, 0.15) is 11.8 Å². The maximum atomic E-state index is 9.00. The highest BCUT2D eigenvalue weighted by Crippen LogP contribution is 2.25. The molecule has 34 heavy (non-hydrogen) atoms. The Hall–Kier alpha value is -3.81. The van der Waals surface area contributed by atoms with Crippen LogP contribution in [0.2, 0.25) is 0 Å². The van der Waals surface area contributed by atoms with Crippen LogP contribution in [0.25, 0.3) is 33.8 Å². The third-order valence-corrected chi connectivity index (χ3v) is 5.86. The lowest BCUT2D eigenvalue weighted by molar-refractivity contribution is -0.134. The van der Waals surface area contributed by atoms with Gasteiger partial charge in [0, 0.05) is 24.8 Å². The van der Waals surface area contributed by atoms with Crippen LogP contribution in [0.1, 0.15) is 50.2 Å².